The zero-order valence-corrected chi connectivity index (χ0v) is 11.7. The number of hydrogen-bond acceptors (Lipinski definition) is 4. The fraction of sp³-hybridized carbons (Fsp3) is 0.133. The Morgan fingerprint density at radius 1 is 1.41 bits per heavy atom. The van der Waals surface area contributed by atoms with Crippen molar-refractivity contribution >= 4 is 16.9 Å². The lowest BCUT2D eigenvalue weighted by Crippen LogP contribution is -2.08. The van der Waals surface area contributed by atoms with Crippen LogP contribution >= 0.6 is 0 Å². The highest BCUT2D eigenvalue weighted by atomic mass is 19.1. The number of aromatic nitrogens is 3. The largest absolute Gasteiger partial charge is 0.478 e. The van der Waals surface area contributed by atoms with Crippen LogP contribution in [0, 0.1) is 5.82 Å². The summed E-state index contributed by atoms with van der Waals surface area (Å²) in [5, 5.41) is 13.9. The second-order valence-corrected chi connectivity index (χ2v) is 4.65. The minimum absolute atomic E-state index is 0.0446. The maximum Gasteiger partial charge on any atom is 0.339 e. The lowest BCUT2D eigenvalue weighted by molar-refractivity contribution is 0.0691. The third kappa shape index (κ3) is 2.31. The van der Waals surface area contributed by atoms with Crippen molar-refractivity contribution in [2.24, 2.45) is 0 Å². The van der Waals surface area contributed by atoms with Crippen molar-refractivity contribution in [2.45, 2.75) is 6.61 Å². The Labute approximate surface area is 124 Å². The molecule has 0 atom stereocenters. The van der Waals surface area contributed by atoms with E-state index >= 15 is 0 Å². The molecule has 3 rings (SSSR count). The van der Waals surface area contributed by atoms with Crippen molar-refractivity contribution in [1.82, 2.24) is 14.8 Å². The molecule has 22 heavy (non-hydrogen) atoms. The van der Waals surface area contributed by atoms with Crippen LogP contribution in [0.4, 0.5) is 4.39 Å². The number of nitrogens with zero attached hydrogens (tertiary/aromatic N) is 3. The predicted octanol–water partition coefficient (Wildman–Crippen LogP) is 2.40. The zero-order chi connectivity index (χ0) is 15.7. The van der Waals surface area contributed by atoms with Gasteiger partial charge in [0.1, 0.15) is 11.4 Å². The summed E-state index contributed by atoms with van der Waals surface area (Å²) in [6, 6.07) is 5.88. The number of hydrogen-bond donors (Lipinski definition) is 1. The molecule has 0 amide bonds. The van der Waals surface area contributed by atoms with E-state index in [1.807, 2.05) is 0 Å². The van der Waals surface area contributed by atoms with Crippen LogP contribution in [0.1, 0.15) is 16.1 Å². The molecule has 0 spiro atoms. The van der Waals surface area contributed by atoms with Crippen molar-refractivity contribution < 1.29 is 19.0 Å². The molecule has 0 fully saturated rings. The number of halogens is 1. The van der Waals surface area contributed by atoms with E-state index in [0.29, 0.717) is 22.3 Å². The van der Waals surface area contributed by atoms with Crippen LogP contribution in [-0.4, -0.2) is 33.0 Å². The summed E-state index contributed by atoms with van der Waals surface area (Å²) >= 11 is 0. The number of pyridine rings is 1. The van der Waals surface area contributed by atoms with E-state index in [-0.39, 0.29) is 12.2 Å². The van der Waals surface area contributed by atoms with E-state index in [0.717, 1.165) is 0 Å². The first-order valence-electron chi connectivity index (χ1n) is 6.45. The molecular weight excluding hydrogens is 289 g/mol. The Hall–Kier alpha value is -2.80. The minimum atomic E-state index is -1.09. The van der Waals surface area contributed by atoms with E-state index in [1.165, 1.54) is 30.1 Å². The molecular formula is C15H12FN3O3. The molecule has 0 radical (unpaired) electrons. The molecule has 1 aromatic carbocycles. The third-order valence-electron chi connectivity index (χ3n) is 3.29. The summed E-state index contributed by atoms with van der Waals surface area (Å²) in [4.78, 5) is 15.4. The summed E-state index contributed by atoms with van der Waals surface area (Å²) in [5.41, 5.74) is 1.56. The second-order valence-electron chi connectivity index (χ2n) is 4.65. The molecule has 0 unspecified atom stereocenters. The summed E-state index contributed by atoms with van der Waals surface area (Å²) in [5.74, 6) is -1.50. The summed E-state index contributed by atoms with van der Waals surface area (Å²) in [6.07, 6.45) is 2.82. The zero-order valence-electron chi connectivity index (χ0n) is 11.7. The van der Waals surface area contributed by atoms with Crippen molar-refractivity contribution in [1.29, 1.82) is 0 Å². The van der Waals surface area contributed by atoms with Gasteiger partial charge < -0.3 is 9.84 Å². The average molecular weight is 301 g/mol. The first-order chi connectivity index (χ1) is 10.6. The van der Waals surface area contributed by atoms with Crippen LogP contribution in [0.25, 0.3) is 16.6 Å². The first-order valence-corrected chi connectivity index (χ1v) is 6.45. The van der Waals surface area contributed by atoms with Crippen LogP contribution < -0.4 is 0 Å². The summed E-state index contributed by atoms with van der Waals surface area (Å²) < 4.78 is 20.0. The van der Waals surface area contributed by atoms with Gasteiger partial charge in [-0.3, -0.25) is 4.98 Å². The maximum absolute atomic E-state index is 13.5. The van der Waals surface area contributed by atoms with E-state index in [9.17, 15) is 14.3 Å². The summed E-state index contributed by atoms with van der Waals surface area (Å²) in [7, 11) is 1.47. The van der Waals surface area contributed by atoms with Crippen LogP contribution in [0.5, 0.6) is 0 Å². The van der Waals surface area contributed by atoms with Crippen LogP contribution in [-0.2, 0) is 11.3 Å². The molecule has 0 bridgehead atoms. The Kier molecular flexibility index (Phi) is 3.56. The number of benzene rings is 1. The normalized spacial score (nSPS) is 11.0. The molecule has 0 saturated carbocycles. The highest BCUT2D eigenvalue weighted by Gasteiger charge is 2.19. The topological polar surface area (TPSA) is 77.2 Å². The second kappa shape index (κ2) is 5.53. The van der Waals surface area contributed by atoms with Crippen molar-refractivity contribution in [2.75, 3.05) is 7.11 Å². The molecule has 1 N–H and O–H groups in total. The number of rotatable bonds is 4. The molecule has 0 aliphatic heterocycles. The first kappa shape index (κ1) is 14.2. The maximum atomic E-state index is 13.5. The Balaban J connectivity index is 2.28. The lowest BCUT2D eigenvalue weighted by Gasteiger charge is -2.10. The lowest BCUT2D eigenvalue weighted by atomic mass is 10.1. The van der Waals surface area contributed by atoms with Gasteiger partial charge in [-0.25, -0.2) is 13.9 Å². The van der Waals surface area contributed by atoms with Gasteiger partial charge in [0.2, 0.25) is 0 Å². The molecule has 112 valence electrons. The van der Waals surface area contributed by atoms with E-state index in [1.54, 1.807) is 18.3 Å². The van der Waals surface area contributed by atoms with Gasteiger partial charge in [0.25, 0.3) is 0 Å². The monoisotopic (exact) mass is 301 g/mol. The van der Waals surface area contributed by atoms with Crippen molar-refractivity contribution in [3.8, 4) is 5.69 Å². The summed E-state index contributed by atoms with van der Waals surface area (Å²) in [6.45, 7) is 0.0702. The van der Waals surface area contributed by atoms with Gasteiger partial charge in [-0.15, -0.1) is 0 Å². The third-order valence-corrected chi connectivity index (χ3v) is 3.29. The SMILES string of the molecule is COCc1c(C(=O)O)cnn1-c1ccnc2ccc(F)cc12. The van der Waals surface area contributed by atoms with Gasteiger partial charge in [0.05, 0.1) is 29.7 Å². The van der Waals surface area contributed by atoms with Crippen molar-refractivity contribution in [3.05, 3.63) is 53.7 Å². The van der Waals surface area contributed by atoms with Gasteiger partial charge in [0, 0.05) is 18.7 Å². The highest BCUT2D eigenvalue weighted by Crippen LogP contribution is 2.24. The fourth-order valence-corrected chi connectivity index (χ4v) is 2.32. The van der Waals surface area contributed by atoms with E-state index in [2.05, 4.69) is 10.1 Å². The minimum Gasteiger partial charge on any atom is -0.478 e. The molecule has 3 aromatic rings. The van der Waals surface area contributed by atoms with Gasteiger partial charge in [-0.05, 0) is 24.3 Å². The number of methoxy groups -OCH3 is 1. The smallest absolute Gasteiger partial charge is 0.339 e. The van der Waals surface area contributed by atoms with Crippen LogP contribution in [0.2, 0.25) is 0 Å². The van der Waals surface area contributed by atoms with Gasteiger partial charge in [-0.1, -0.05) is 0 Å². The molecule has 0 aliphatic carbocycles. The number of aromatic carboxylic acids is 1. The predicted molar refractivity (Wildman–Crippen MR) is 76.5 cm³/mol. The number of carboxylic acid groups (broad SMARTS) is 1. The van der Waals surface area contributed by atoms with E-state index < -0.39 is 11.8 Å². The molecule has 7 heteroatoms. The number of carboxylic acids is 1. The Bertz CT molecular complexity index is 860. The standard InChI is InChI=1S/C15H12FN3O3/c1-22-8-14-11(15(20)21)7-18-19(14)13-4-5-17-12-3-2-9(16)6-10(12)13/h2-7H,8H2,1H3,(H,20,21). The fourth-order valence-electron chi connectivity index (χ4n) is 2.32. The molecule has 2 aromatic heterocycles. The highest BCUT2D eigenvalue weighted by molar-refractivity contribution is 5.90. The number of ether oxygens (including phenoxy) is 1. The molecule has 0 aliphatic rings. The van der Waals surface area contributed by atoms with Crippen molar-refractivity contribution in [3.63, 3.8) is 0 Å². The quantitative estimate of drug-likeness (QED) is 0.800. The molecule has 6 nitrogen and oxygen atoms in total. The molecule has 0 saturated heterocycles. The Morgan fingerprint density at radius 2 is 2.23 bits per heavy atom. The van der Waals surface area contributed by atoms with E-state index in [4.69, 9.17) is 4.74 Å². The van der Waals surface area contributed by atoms with Gasteiger partial charge in [0.15, 0.2) is 0 Å². The van der Waals surface area contributed by atoms with Gasteiger partial charge in [-0.2, -0.15) is 5.10 Å². The number of fused-ring (bicyclic) bond motifs is 1. The average Bonchev–Trinajstić information content (AvgIpc) is 2.91. The van der Waals surface area contributed by atoms with Crippen LogP contribution in [0.15, 0.2) is 36.7 Å². The van der Waals surface area contributed by atoms with Crippen LogP contribution in [0.3, 0.4) is 0 Å². The van der Waals surface area contributed by atoms with Gasteiger partial charge >= 0.3 is 5.97 Å². The molecule has 2 heterocycles. The number of carbonyl (C=O) groups is 1. The Morgan fingerprint density at radius 3 is 2.95 bits per heavy atom.